The second kappa shape index (κ2) is 9.79. The first-order valence-corrected chi connectivity index (χ1v) is 13.6. The molecule has 9 nitrogen and oxygen atoms in total. The van der Waals surface area contributed by atoms with Crippen LogP contribution in [0.4, 0.5) is 11.4 Å². The monoisotopic (exact) mass is 530 g/mol. The molecule has 1 aromatic heterocycles. The van der Waals surface area contributed by atoms with Crippen LogP contribution in [0.15, 0.2) is 86.9 Å². The summed E-state index contributed by atoms with van der Waals surface area (Å²) in [6.45, 7) is 4.40. The zero-order valence-electron chi connectivity index (χ0n) is 20.8. The molecule has 0 radical (unpaired) electrons. The summed E-state index contributed by atoms with van der Waals surface area (Å²) in [5.41, 5.74) is 0.744. The lowest BCUT2D eigenvalue weighted by Crippen LogP contribution is -2.33. The van der Waals surface area contributed by atoms with Crippen molar-refractivity contribution in [2.24, 2.45) is 10.3 Å². The van der Waals surface area contributed by atoms with Crippen molar-refractivity contribution in [3.05, 3.63) is 94.3 Å². The topological polar surface area (TPSA) is 130 Å². The van der Waals surface area contributed by atoms with Crippen molar-refractivity contribution in [3.8, 4) is 5.75 Å². The summed E-state index contributed by atoms with van der Waals surface area (Å²) in [6.07, 6.45) is 0.673. The van der Waals surface area contributed by atoms with Gasteiger partial charge in [-0.1, -0.05) is 44.2 Å². The van der Waals surface area contributed by atoms with Crippen LogP contribution < -0.4 is 16.2 Å². The number of para-hydroxylation sites is 1. The highest BCUT2D eigenvalue weighted by Gasteiger charge is 2.29. The highest BCUT2D eigenvalue weighted by atomic mass is 32.2. The van der Waals surface area contributed by atoms with E-state index in [4.69, 9.17) is 0 Å². The minimum atomic E-state index is -4.11. The summed E-state index contributed by atoms with van der Waals surface area (Å²) in [5, 5.41) is 17.3. The predicted molar refractivity (Wildman–Crippen MR) is 148 cm³/mol. The van der Waals surface area contributed by atoms with Crippen molar-refractivity contribution < 1.29 is 18.3 Å². The number of hydrogen-bond acceptors (Lipinski definition) is 6. The number of fused-ring (bicyclic) bond motifs is 2. The molecule has 1 aliphatic rings. The number of carbonyl (C=O) groups excluding carboxylic acids is 1. The highest BCUT2D eigenvalue weighted by Crippen LogP contribution is 2.33. The van der Waals surface area contributed by atoms with E-state index in [2.05, 4.69) is 15.0 Å². The number of anilines is 2. The standard InChI is InChI=1S/C28H26N4O5S/c1-17(2)14-15-32-22-13-12-19(29-27(34)18-8-4-3-5-9-18)16-20(22)25(33)24(28(32)35)26-30-21-10-6-7-11-23(21)38(36,37)31-26/h3-13,16-17,33H,14-15H2,1-2H3,(H,29,34)(H,30,31). The Bertz CT molecular complexity index is 1760. The molecule has 3 N–H and O–H groups in total. The van der Waals surface area contributed by atoms with Crippen LogP contribution in [-0.2, 0) is 16.6 Å². The molecule has 0 spiro atoms. The highest BCUT2D eigenvalue weighted by molar-refractivity contribution is 7.90. The number of pyridine rings is 1. The van der Waals surface area contributed by atoms with E-state index in [1.54, 1.807) is 60.7 Å². The molecule has 0 atom stereocenters. The number of sulfonamides is 1. The Morgan fingerprint density at radius 1 is 1.05 bits per heavy atom. The molecule has 0 aliphatic carbocycles. The molecule has 1 aliphatic heterocycles. The van der Waals surface area contributed by atoms with Gasteiger partial charge in [0.05, 0.1) is 11.2 Å². The first-order valence-electron chi connectivity index (χ1n) is 12.1. The lowest BCUT2D eigenvalue weighted by Gasteiger charge is -2.21. The summed E-state index contributed by atoms with van der Waals surface area (Å²) in [5.74, 6) is -0.734. The van der Waals surface area contributed by atoms with E-state index in [1.165, 1.54) is 10.6 Å². The number of aromatic hydroxyl groups is 1. The number of amides is 1. The van der Waals surface area contributed by atoms with E-state index in [0.29, 0.717) is 29.7 Å². The average Bonchev–Trinajstić information content (AvgIpc) is 2.89. The second-order valence-electron chi connectivity index (χ2n) is 9.45. The first-order chi connectivity index (χ1) is 18.2. The van der Waals surface area contributed by atoms with E-state index in [9.17, 15) is 23.1 Å². The summed E-state index contributed by atoms with van der Waals surface area (Å²) in [6, 6.07) is 19.8. The summed E-state index contributed by atoms with van der Waals surface area (Å²) in [7, 11) is -4.11. The second-order valence-corrected chi connectivity index (χ2v) is 11.0. The van der Waals surface area contributed by atoms with Crippen LogP contribution in [0.2, 0.25) is 0 Å². The van der Waals surface area contributed by atoms with Gasteiger partial charge >= 0.3 is 0 Å². The summed E-state index contributed by atoms with van der Waals surface area (Å²) in [4.78, 5) is 26.4. The number of hydrogen-bond donors (Lipinski definition) is 3. The molecule has 0 saturated carbocycles. The lowest BCUT2D eigenvalue weighted by atomic mass is 10.1. The minimum absolute atomic E-state index is 0.0185. The van der Waals surface area contributed by atoms with Crippen LogP contribution in [0.3, 0.4) is 0 Å². The Morgan fingerprint density at radius 2 is 1.76 bits per heavy atom. The van der Waals surface area contributed by atoms with Gasteiger partial charge in [-0.05, 0) is 54.8 Å². The molecule has 2 heterocycles. The maximum atomic E-state index is 13.7. The van der Waals surface area contributed by atoms with Gasteiger partial charge in [-0.3, -0.25) is 9.59 Å². The van der Waals surface area contributed by atoms with Gasteiger partial charge in [0.15, 0.2) is 5.84 Å². The van der Waals surface area contributed by atoms with Gasteiger partial charge in [0.1, 0.15) is 16.2 Å². The molecule has 5 rings (SSSR count). The molecule has 0 bridgehead atoms. The van der Waals surface area contributed by atoms with E-state index in [-0.39, 0.29) is 39.2 Å². The number of carbonyl (C=O) groups is 1. The average molecular weight is 531 g/mol. The Hall–Kier alpha value is -4.44. The zero-order valence-corrected chi connectivity index (χ0v) is 21.6. The van der Waals surface area contributed by atoms with Crippen LogP contribution >= 0.6 is 0 Å². The maximum absolute atomic E-state index is 13.7. The third-order valence-electron chi connectivity index (χ3n) is 6.33. The number of aromatic nitrogens is 1. The van der Waals surface area contributed by atoms with E-state index >= 15 is 0 Å². The van der Waals surface area contributed by atoms with Crippen LogP contribution in [-0.4, -0.2) is 29.8 Å². The Balaban J connectivity index is 1.67. The number of aryl methyl sites for hydroxylation is 1. The third-order valence-corrected chi connectivity index (χ3v) is 7.66. The van der Waals surface area contributed by atoms with Crippen LogP contribution in [0.1, 0.15) is 36.2 Å². The molecule has 0 unspecified atom stereocenters. The molecule has 3 aromatic carbocycles. The van der Waals surface area contributed by atoms with Crippen molar-refractivity contribution >= 4 is 44.0 Å². The van der Waals surface area contributed by atoms with Crippen molar-refractivity contribution in [1.29, 1.82) is 0 Å². The number of amidine groups is 1. The Kier molecular flexibility index (Phi) is 6.50. The molecular formula is C28H26N4O5S. The fraction of sp³-hybridized carbons (Fsp3) is 0.179. The van der Waals surface area contributed by atoms with Gasteiger partial charge < -0.3 is 20.3 Å². The SMILES string of the molecule is CC(C)CCn1c(=O)c(C2=NS(=O)(=O)c3ccccc3N2)c(O)c2cc(NC(=O)c3ccccc3)ccc21. The molecule has 1 amide bonds. The smallest absolute Gasteiger partial charge is 0.286 e. The Morgan fingerprint density at radius 3 is 2.50 bits per heavy atom. The predicted octanol–water partition coefficient (Wildman–Crippen LogP) is 4.57. The van der Waals surface area contributed by atoms with Crippen LogP contribution in [0.5, 0.6) is 5.75 Å². The van der Waals surface area contributed by atoms with Gasteiger partial charge in [0.2, 0.25) is 0 Å². The van der Waals surface area contributed by atoms with Gasteiger partial charge in [0, 0.05) is 23.2 Å². The Labute approximate surface area is 219 Å². The van der Waals surface area contributed by atoms with Crippen molar-refractivity contribution in [3.63, 3.8) is 0 Å². The first kappa shape index (κ1) is 25.2. The van der Waals surface area contributed by atoms with E-state index in [1.807, 2.05) is 19.9 Å². The number of benzene rings is 3. The molecular weight excluding hydrogens is 504 g/mol. The van der Waals surface area contributed by atoms with Gasteiger partial charge in [0.25, 0.3) is 21.5 Å². The number of nitrogens with one attached hydrogen (secondary N) is 2. The molecule has 0 saturated heterocycles. The molecule has 194 valence electrons. The fourth-order valence-electron chi connectivity index (χ4n) is 4.36. The van der Waals surface area contributed by atoms with Crippen molar-refractivity contribution in [2.45, 2.75) is 31.7 Å². The lowest BCUT2D eigenvalue weighted by molar-refractivity contribution is 0.102. The summed E-state index contributed by atoms with van der Waals surface area (Å²) < 4.78 is 31.1. The molecule has 4 aromatic rings. The number of rotatable bonds is 6. The van der Waals surface area contributed by atoms with E-state index < -0.39 is 21.3 Å². The third kappa shape index (κ3) is 4.66. The van der Waals surface area contributed by atoms with Gasteiger partial charge in [-0.25, -0.2) is 0 Å². The minimum Gasteiger partial charge on any atom is -0.506 e. The molecule has 10 heteroatoms. The maximum Gasteiger partial charge on any atom is 0.286 e. The molecule has 38 heavy (non-hydrogen) atoms. The van der Waals surface area contributed by atoms with Crippen LogP contribution in [0, 0.1) is 5.92 Å². The van der Waals surface area contributed by atoms with Gasteiger partial charge in [-0.2, -0.15) is 8.42 Å². The zero-order chi connectivity index (χ0) is 27.0. The summed E-state index contributed by atoms with van der Waals surface area (Å²) >= 11 is 0. The largest absolute Gasteiger partial charge is 0.506 e. The quantitative estimate of drug-likeness (QED) is 0.335. The molecule has 0 fully saturated rings. The number of nitrogens with zero attached hydrogens (tertiary/aromatic N) is 2. The van der Waals surface area contributed by atoms with Gasteiger partial charge in [-0.15, -0.1) is 4.40 Å². The van der Waals surface area contributed by atoms with Crippen LogP contribution in [0.25, 0.3) is 10.9 Å². The fourth-order valence-corrected chi connectivity index (χ4v) is 5.48. The van der Waals surface area contributed by atoms with Crippen molar-refractivity contribution in [2.75, 3.05) is 10.6 Å². The van der Waals surface area contributed by atoms with Crippen molar-refractivity contribution in [1.82, 2.24) is 4.57 Å². The van der Waals surface area contributed by atoms with E-state index in [0.717, 1.165) is 0 Å². The normalized spacial score (nSPS) is 14.0.